The predicted octanol–water partition coefficient (Wildman–Crippen LogP) is 4.71. The van der Waals surface area contributed by atoms with Gasteiger partial charge in [-0.3, -0.25) is 14.9 Å². The Morgan fingerprint density at radius 3 is 2.50 bits per heavy atom. The first-order chi connectivity index (χ1) is 11.5. The lowest BCUT2D eigenvalue weighted by atomic mass is 10.1. The Balaban J connectivity index is 1.82. The Morgan fingerprint density at radius 1 is 1.12 bits per heavy atom. The maximum atomic E-state index is 13.1. The number of rotatable bonds is 4. The Morgan fingerprint density at radius 2 is 1.88 bits per heavy atom. The number of nitrogens with one attached hydrogen (secondary N) is 1. The molecule has 3 aromatic rings. The zero-order valence-electron chi connectivity index (χ0n) is 12.2. The maximum absolute atomic E-state index is 13.1. The summed E-state index contributed by atoms with van der Waals surface area (Å²) in [5, 5.41) is 15.4. The van der Waals surface area contributed by atoms with E-state index in [1.54, 1.807) is 35.6 Å². The first-order valence-corrected chi connectivity index (χ1v) is 7.82. The second-order valence-electron chi connectivity index (χ2n) is 4.93. The van der Waals surface area contributed by atoms with Crippen molar-refractivity contribution in [2.24, 2.45) is 0 Å². The molecular weight excluding hydrogens is 331 g/mol. The number of hydrogen-bond donors (Lipinski definition) is 1. The number of carbonyl (C=O) groups is 1. The normalized spacial score (nSPS) is 10.4. The van der Waals surface area contributed by atoms with Crippen molar-refractivity contribution in [1.82, 2.24) is 0 Å². The van der Waals surface area contributed by atoms with E-state index in [4.69, 9.17) is 0 Å². The number of amides is 1. The van der Waals surface area contributed by atoms with E-state index in [1.807, 2.05) is 17.5 Å². The van der Waals surface area contributed by atoms with Gasteiger partial charge in [-0.15, -0.1) is 11.3 Å². The van der Waals surface area contributed by atoms with Crippen LogP contribution in [0.15, 0.2) is 60.0 Å². The van der Waals surface area contributed by atoms with Crippen LogP contribution in [0.25, 0.3) is 10.4 Å². The van der Waals surface area contributed by atoms with Crippen molar-refractivity contribution < 1.29 is 14.1 Å². The van der Waals surface area contributed by atoms with Crippen molar-refractivity contribution in [3.05, 3.63) is 81.5 Å². The lowest BCUT2D eigenvalue weighted by Gasteiger charge is -2.07. The highest BCUT2D eigenvalue weighted by Crippen LogP contribution is 2.27. The maximum Gasteiger partial charge on any atom is 0.295 e. The third kappa shape index (κ3) is 3.31. The molecule has 3 rings (SSSR count). The fraction of sp³-hybridized carbons (Fsp3) is 0. The second-order valence-corrected chi connectivity index (χ2v) is 5.88. The molecule has 0 aliphatic carbocycles. The predicted molar refractivity (Wildman–Crippen MR) is 90.8 cm³/mol. The Bertz CT molecular complexity index is 893. The molecule has 0 atom stereocenters. The largest absolute Gasteiger partial charge is 0.316 e. The quantitative estimate of drug-likeness (QED) is 0.551. The van der Waals surface area contributed by atoms with E-state index in [9.17, 15) is 19.3 Å². The van der Waals surface area contributed by atoms with Gasteiger partial charge in [0.25, 0.3) is 11.6 Å². The van der Waals surface area contributed by atoms with Crippen LogP contribution < -0.4 is 5.32 Å². The number of carbonyl (C=O) groups excluding carboxylic acids is 1. The van der Waals surface area contributed by atoms with Gasteiger partial charge in [0.15, 0.2) is 0 Å². The van der Waals surface area contributed by atoms with Gasteiger partial charge in [-0.05, 0) is 41.3 Å². The fourth-order valence-electron chi connectivity index (χ4n) is 2.18. The van der Waals surface area contributed by atoms with E-state index in [0.717, 1.165) is 22.6 Å². The summed E-state index contributed by atoms with van der Waals surface area (Å²) in [6, 6.07) is 13.8. The molecule has 0 aliphatic heterocycles. The number of thiophene rings is 1. The van der Waals surface area contributed by atoms with Crippen LogP contribution in [0.4, 0.5) is 15.8 Å². The number of benzene rings is 2. The molecule has 120 valence electrons. The van der Waals surface area contributed by atoms with E-state index in [0.29, 0.717) is 5.56 Å². The Kier molecular flexibility index (Phi) is 4.35. The minimum atomic E-state index is -0.738. The first-order valence-electron chi connectivity index (χ1n) is 6.94. The molecule has 24 heavy (non-hydrogen) atoms. The molecular formula is C17H11FN2O3S. The van der Waals surface area contributed by atoms with Crippen LogP contribution in [0.5, 0.6) is 0 Å². The Labute approximate surface area is 140 Å². The minimum absolute atomic E-state index is 0.0475. The third-order valence-corrected chi connectivity index (χ3v) is 4.28. The van der Waals surface area contributed by atoms with Crippen LogP contribution >= 0.6 is 11.3 Å². The molecule has 5 nitrogen and oxygen atoms in total. The standard InChI is InChI=1S/C17H11FN2O3S/c18-13-7-8-14(15(10-13)20(22)23)19-17(21)12-5-3-11(4-6-12)16-2-1-9-24-16/h1-10H,(H,19,21). The summed E-state index contributed by atoms with van der Waals surface area (Å²) in [7, 11) is 0. The zero-order valence-corrected chi connectivity index (χ0v) is 13.0. The van der Waals surface area contributed by atoms with Crippen molar-refractivity contribution in [1.29, 1.82) is 0 Å². The number of anilines is 1. The highest BCUT2D eigenvalue weighted by atomic mass is 32.1. The molecule has 7 heteroatoms. The summed E-state index contributed by atoms with van der Waals surface area (Å²) in [5.74, 6) is -1.23. The smallest absolute Gasteiger partial charge is 0.295 e. The lowest BCUT2D eigenvalue weighted by Crippen LogP contribution is -2.13. The summed E-state index contributed by atoms with van der Waals surface area (Å²) >= 11 is 1.59. The van der Waals surface area contributed by atoms with E-state index < -0.39 is 22.3 Å². The van der Waals surface area contributed by atoms with E-state index >= 15 is 0 Å². The molecule has 0 saturated carbocycles. The van der Waals surface area contributed by atoms with Gasteiger partial charge in [0.2, 0.25) is 0 Å². The SMILES string of the molecule is O=C(Nc1ccc(F)cc1[N+](=O)[O-])c1ccc(-c2cccs2)cc1. The van der Waals surface area contributed by atoms with Gasteiger partial charge in [-0.2, -0.15) is 0 Å². The van der Waals surface area contributed by atoms with Crippen LogP contribution in [0.1, 0.15) is 10.4 Å². The van der Waals surface area contributed by atoms with Crippen LogP contribution in [0, 0.1) is 15.9 Å². The van der Waals surface area contributed by atoms with Gasteiger partial charge in [0.05, 0.1) is 11.0 Å². The van der Waals surface area contributed by atoms with Crippen LogP contribution in [-0.4, -0.2) is 10.8 Å². The highest BCUT2D eigenvalue weighted by molar-refractivity contribution is 7.13. The molecule has 0 saturated heterocycles. The van der Waals surface area contributed by atoms with Gasteiger partial charge in [-0.1, -0.05) is 18.2 Å². The average molecular weight is 342 g/mol. The van der Waals surface area contributed by atoms with Crippen molar-refractivity contribution in [3.63, 3.8) is 0 Å². The van der Waals surface area contributed by atoms with Crippen LogP contribution in [-0.2, 0) is 0 Å². The summed E-state index contributed by atoms with van der Waals surface area (Å²) in [5.41, 5.74) is 0.801. The molecule has 1 N–H and O–H groups in total. The lowest BCUT2D eigenvalue weighted by molar-refractivity contribution is -0.384. The monoisotopic (exact) mass is 342 g/mol. The van der Waals surface area contributed by atoms with Gasteiger partial charge in [-0.25, -0.2) is 4.39 Å². The number of nitro benzene ring substituents is 1. The van der Waals surface area contributed by atoms with Gasteiger partial charge in [0, 0.05) is 10.4 Å². The number of nitro groups is 1. The highest BCUT2D eigenvalue weighted by Gasteiger charge is 2.17. The van der Waals surface area contributed by atoms with Gasteiger partial charge < -0.3 is 5.32 Å². The number of halogens is 1. The van der Waals surface area contributed by atoms with Crippen molar-refractivity contribution >= 4 is 28.6 Å². The molecule has 0 fully saturated rings. The molecule has 0 bridgehead atoms. The number of nitrogens with zero attached hydrogens (tertiary/aromatic N) is 1. The summed E-state index contributed by atoms with van der Waals surface area (Å²) < 4.78 is 13.1. The number of hydrogen-bond acceptors (Lipinski definition) is 4. The Hall–Kier alpha value is -3.06. The fourth-order valence-corrected chi connectivity index (χ4v) is 2.92. The van der Waals surface area contributed by atoms with E-state index in [2.05, 4.69) is 5.32 Å². The molecule has 0 radical (unpaired) electrons. The van der Waals surface area contributed by atoms with Crippen molar-refractivity contribution in [2.45, 2.75) is 0 Å². The topological polar surface area (TPSA) is 72.2 Å². The molecule has 2 aromatic carbocycles. The molecule has 1 aromatic heterocycles. The van der Waals surface area contributed by atoms with E-state index in [-0.39, 0.29) is 5.69 Å². The molecule has 0 unspecified atom stereocenters. The second kappa shape index (κ2) is 6.59. The van der Waals surface area contributed by atoms with Gasteiger partial charge in [0.1, 0.15) is 11.5 Å². The zero-order chi connectivity index (χ0) is 17.1. The molecule has 0 aliphatic rings. The van der Waals surface area contributed by atoms with Crippen LogP contribution in [0.2, 0.25) is 0 Å². The molecule has 0 spiro atoms. The molecule has 1 heterocycles. The third-order valence-electron chi connectivity index (χ3n) is 3.36. The van der Waals surface area contributed by atoms with Crippen LogP contribution in [0.3, 0.4) is 0 Å². The van der Waals surface area contributed by atoms with E-state index in [1.165, 1.54) is 6.07 Å². The van der Waals surface area contributed by atoms with Gasteiger partial charge >= 0.3 is 0 Å². The summed E-state index contributed by atoms with van der Waals surface area (Å²) in [6.07, 6.45) is 0. The average Bonchev–Trinajstić information content (AvgIpc) is 3.11. The molecule has 1 amide bonds. The summed E-state index contributed by atoms with van der Waals surface area (Å²) in [6.45, 7) is 0. The minimum Gasteiger partial charge on any atom is -0.316 e. The summed E-state index contributed by atoms with van der Waals surface area (Å²) in [4.78, 5) is 23.5. The van der Waals surface area contributed by atoms with Crippen molar-refractivity contribution in [3.8, 4) is 10.4 Å². The first kappa shape index (κ1) is 15.8. The van der Waals surface area contributed by atoms with Crippen molar-refractivity contribution in [2.75, 3.05) is 5.32 Å².